The number of piperidine rings is 1. The minimum Gasteiger partial charge on any atom is -0.385 e. The summed E-state index contributed by atoms with van der Waals surface area (Å²) in [5.41, 5.74) is 0.0945. The van der Waals surface area contributed by atoms with Crippen LogP contribution in [0, 0.1) is 0 Å². The van der Waals surface area contributed by atoms with Gasteiger partial charge in [0.05, 0.1) is 12.1 Å². The summed E-state index contributed by atoms with van der Waals surface area (Å²) in [6, 6.07) is 3.79. The molecule has 0 aromatic carbocycles. The van der Waals surface area contributed by atoms with Crippen LogP contribution in [-0.2, 0) is 10.4 Å². The molecule has 21 heavy (non-hydrogen) atoms. The zero-order chi connectivity index (χ0) is 14.7. The monoisotopic (exact) mass is 289 g/mol. The van der Waals surface area contributed by atoms with Crippen LogP contribution < -0.4 is 0 Å². The van der Waals surface area contributed by atoms with E-state index in [4.69, 9.17) is 0 Å². The first-order chi connectivity index (χ1) is 10.2. The number of aromatic nitrogens is 1. The van der Waals surface area contributed by atoms with Gasteiger partial charge in [0.2, 0.25) is 5.91 Å². The summed E-state index contributed by atoms with van der Waals surface area (Å²) >= 11 is 0. The number of nitrogens with zero attached hydrogens (tertiary/aromatic N) is 3. The first kappa shape index (κ1) is 14.5. The quantitative estimate of drug-likeness (QED) is 0.901. The Morgan fingerprint density at radius 2 is 1.95 bits per heavy atom. The molecule has 114 valence electrons. The van der Waals surface area contributed by atoms with E-state index in [1.165, 1.54) is 0 Å². The Labute approximate surface area is 125 Å². The molecule has 2 fully saturated rings. The summed E-state index contributed by atoms with van der Waals surface area (Å²) in [5, 5.41) is 10.7. The molecule has 0 spiro atoms. The van der Waals surface area contributed by atoms with Gasteiger partial charge in [0.15, 0.2) is 0 Å². The average molecular weight is 289 g/mol. The molecule has 5 nitrogen and oxygen atoms in total. The molecule has 0 saturated carbocycles. The van der Waals surface area contributed by atoms with Gasteiger partial charge in [-0.05, 0) is 31.7 Å². The Morgan fingerprint density at radius 1 is 1.24 bits per heavy atom. The van der Waals surface area contributed by atoms with Crippen molar-refractivity contribution in [1.29, 1.82) is 0 Å². The van der Waals surface area contributed by atoms with Crippen LogP contribution >= 0.6 is 0 Å². The zero-order valence-corrected chi connectivity index (χ0v) is 12.4. The molecule has 0 radical (unpaired) electrons. The SMILES string of the molecule is O=C(CN1CCC(O)(c2cccnc2)CC1)N1CCCC1. The van der Waals surface area contributed by atoms with Gasteiger partial charge in [-0.1, -0.05) is 6.07 Å². The number of rotatable bonds is 3. The maximum atomic E-state index is 12.2. The largest absolute Gasteiger partial charge is 0.385 e. The summed E-state index contributed by atoms with van der Waals surface area (Å²) in [4.78, 5) is 20.4. The summed E-state index contributed by atoms with van der Waals surface area (Å²) in [6.07, 6.45) is 7.04. The maximum absolute atomic E-state index is 12.2. The van der Waals surface area contributed by atoms with Gasteiger partial charge in [0.25, 0.3) is 0 Å². The predicted molar refractivity (Wildman–Crippen MR) is 79.6 cm³/mol. The Morgan fingerprint density at radius 3 is 2.57 bits per heavy atom. The van der Waals surface area contributed by atoms with Gasteiger partial charge in [0.1, 0.15) is 0 Å². The second-order valence-corrected chi connectivity index (χ2v) is 6.14. The van der Waals surface area contributed by atoms with Crippen LogP contribution in [0.5, 0.6) is 0 Å². The second kappa shape index (κ2) is 6.12. The van der Waals surface area contributed by atoms with Gasteiger partial charge in [0, 0.05) is 44.1 Å². The fourth-order valence-electron chi connectivity index (χ4n) is 3.27. The van der Waals surface area contributed by atoms with Crippen LogP contribution in [0.2, 0.25) is 0 Å². The van der Waals surface area contributed by atoms with E-state index >= 15 is 0 Å². The minimum atomic E-state index is -0.790. The highest BCUT2D eigenvalue weighted by molar-refractivity contribution is 5.78. The van der Waals surface area contributed by atoms with Crippen molar-refractivity contribution in [2.24, 2.45) is 0 Å². The Bertz CT molecular complexity index is 478. The van der Waals surface area contributed by atoms with E-state index in [2.05, 4.69) is 9.88 Å². The van der Waals surface area contributed by atoms with Crippen LogP contribution in [0.25, 0.3) is 0 Å². The molecule has 1 aromatic rings. The molecule has 2 aliphatic heterocycles. The maximum Gasteiger partial charge on any atom is 0.236 e. The first-order valence-corrected chi connectivity index (χ1v) is 7.80. The lowest BCUT2D eigenvalue weighted by Crippen LogP contribution is -2.46. The van der Waals surface area contributed by atoms with Crippen molar-refractivity contribution < 1.29 is 9.90 Å². The number of carbonyl (C=O) groups is 1. The Balaban J connectivity index is 1.54. The average Bonchev–Trinajstić information content (AvgIpc) is 3.05. The van der Waals surface area contributed by atoms with E-state index in [1.807, 2.05) is 17.0 Å². The summed E-state index contributed by atoms with van der Waals surface area (Å²) in [5.74, 6) is 0.235. The molecule has 3 rings (SSSR count). The van der Waals surface area contributed by atoms with Crippen molar-refractivity contribution in [2.75, 3.05) is 32.7 Å². The third kappa shape index (κ3) is 3.24. The molecule has 3 heterocycles. The van der Waals surface area contributed by atoms with Gasteiger partial charge in [-0.15, -0.1) is 0 Å². The van der Waals surface area contributed by atoms with Crippen LogP contribution in [-0.4, -0.2) is 58.5 Å². The van der Waals surface area contributed by atoms with Crippen LogP contribution in [0.15, 0.2) is 24.5 Å². The highest BCUT2D eigenvalue weighted by Crippen LogP contribution is 2.32. The van der Waals surface area contributed by atoms with Gasteiger partial charge in [-0.25, -0.2) is 0 Å². The molecule has 0 bridgehead atoms. The van der Waals surface area contributed by atoms with Gasteiger partial charge in [-0.2, -0.15) is 0 Å². The highest BCUT2D eigenvalue weighted by Gasteiger charge is 2.35. The van der Waals surface area contributed by atoms with Crippen molar-refractivity contribution in [3.05, 3.63) is 30.1 Å². The fraction of sp³-hybridized carbons (Fsp3) is 0.625. The fourth-order valence-corrected chi connectivity index (χ4v) is 3.27. The first-order valence-electron chi connectivity index (χ1n) is 7.80. The minimum absolute atomic E-state index is 0.235. The number of carbonyl (C=O) groups excluding carboxylic acids is 1. The van der Waals surface area contributed by atoms with Crippen LogP contribution in [0.3, 0.4) is 0 Å². The molecule has 5 heteroatoms. The lowest BCUT2D eigenvalue weighted by atomic mass is 9.85. The van der Waals surface area contributed by atoms with Gasteiger partial charge < -0.3 is 10.0 Å². The third-order valence-corrected chi connectivity index (χ3v) is 4.70. The number of hydrogen-bond acceptors (Lipinski definition) is 4. The van der Waals surface area contributed by atoms with E-state index in [1.54, 1.807) is 12.4 Å². The van der Waals surface area contributed by atoms with E-state index in [-0.39, 0.29) is 5.91 Å². The topological polar surface area (TPSA) is 56.7 Å². The number of hydrogen-bond donors (Lipinski definition) is 1. The van der Waals surface area contributed by atoms with E-state index in [0.717, 1.165) is 44.6 Å². The predicted octanol–water partition coefficient (Wildman–Crippen LogP) is 0.987. The second-order valence-electron chi connectivity index (χ2n) is 6.14. The number of amides is 1. The van der Waals surface area contributed by atoms with Crippen molar-refractivity contribution in [3.63, 3.8) is 0 Å². The van der Waals surface area contributed by atoms with Crippen molar-refractivity contribution in [2.45, 2.75) is 31.3 Å². The number of aliphatic hydroxyl groups is 1. The Kier molecular flexibility index (Phi) is 4.22. The van der Waals surface area contributed by atoms with E-state index < -0.39 is 5.60 Å². The summed E-state index contributed by atoms with van der Waals surface area (Å²) < 4.78 is 0. The lowest BCUT2D eigenvalue weighted by Gasteiger charge is -2.38. The molecular formula is C16H23N3O2. The van der Waals surface area contributed by atoms with Crippen LogP contribution in [0.1, 0.15) is 31.2 Å². The standard InChI is InChI=1S/C16H23N3O2/c20-15(19-8-1-2-9-19)13-18-10-5-16(21,6-11-18)14-4-3-7-17-12-14/h3-4,7,12,21H,1-2,5-6,8-11,13H2. The van der Waals surface area contributed by atoms with Crippen LogP contribution in [0.4, 0.5) is 0 Å². The summed E-state index contributed by atoms with van der Waals surface area (Å²) in [6.45, 7) is 3.82. The molecule has 2 saturated heterocycles. The lowest BCUT2D eigenvalue weighted by molar-refractivity contribution is -0.132. The Hall–Kier alpha value is -1.46. The molecule has 0 aliphatic carbocycles. The smallest absolute Gasteiger partial charge is 0.236 e. The van der Waals surface area contributed by atoms with Crippen molar-refractivity contribution in [3.8, 4) is 0 Å². The zero-order valence-electron chi connectivity index (χ0n) is 12.4. The van der Waals surface area contributed by atoms with Crippen molar-refractivity contribution in [1.82, 2.24) is 14.8 Å². The molecule has 1 amide bonds. The summed E-state index contributed by atoms with van der Waals surface area (Å²) in [7, 11) is 0. The highest BCUT2D eigenvalue weighted by atomic mass is 16.3. The number of likely N-dealkylation sites (tertiary alicyclic amines) is 2. The van der Waals surface area contributed by atoms with E-state index in [0.29, 0.717) is 19.4 Å². The number of pyridine rings is 1. The molecule has 2 aliphatic rings. The molecule has 1 N–H and O–H groups in total. The molecule has 0 atom stereocenters. The molecular weight excluding hydrogens is 266 g/mol. The molecule has 0 unspecified atom stereocenters. The van der Waals surface area contributed by atoms with E-state index in [9.17, 15) is 9.90 Å². The van der Waals surface area contributed by atoms with Gasteiger partial charge in [-0.3, -0.25) is 14.7 Å². The van der Waals surface area contributed by atoms with Crippen molar-refractivity contribution >= 4 is 5.91 Å². The molecule has 1 aromatic heterocycles. The third-order valence-electron chi connectivity index (χ3n) is 4.70. The normalized spacial score (nSPS) is 22.4. The van der Waals surface area contributed by atoms with Gasteiger partial charge >= 0.3 is 0 Å².